The van der Waals surface area contributed by atoms with E-state index in [0.29, 0.717) is 25.4 Å². The zero-order valence-electron chi connectivity index (χ0n) is 13.2. The molecule has 1 aliphatic rings. The Morgan fingerprint density at radius 2 is 2.00 bits per heavy atom. The van der Waals surface area contributed by atoms with Crippen molar-refractivity contribution >= 4 is 5.69 Å². The summed E-state index contributed by atoms with van der Waals surface area (Å²) >= 11 is 0. The Morgan fingerprint density at radius 1 is 1.17 bits per heavy atom. The van der Waals surface area contributed by atoms with Gasteiger partial charge in [0.05, 0.1) is 6.61 Å². The molecule has 5 heteroatoms. The van der Waals surface area contributed by atoms with E-state index in [1.807, 2.05) is 49.5 Å². The normalized spacial score (nSPS) is 19.3. The molecule has 0 saturated heterocycles. The minimum absolute atomic E-state index is 0.0254. The summed E-state index contributed by atoms with van der Waals surface area (Å²) in [6.45, 7) is 1.16. The third-order valence-corrected chi connectivity index (χ3v) is 4.23. The maximum Gasteiger partial charge on any atom is 0.131 e. The standard InChI is InChI=1S/C18H22N2O3/c1-19-14-7-6-13-11-23-17-5-3-2-4-15(17)18(22,16(13)10-14)12-20-8-9-21/h2-7,10,19-22H,8-9,11-12H2,1H3. The van der Waals surface area contributed by atoms with Crippen LogP contribution in [0.1, 0.15) is 16.7 Å². The lowest BCUT2D eigenvalue weighted by atomic mass is 9.83. The van der Waals surface area contributed by atoms with Gasteiger partial charge in [-0.3, -0.25) is 0 Å². The van der Waals surface area contributed by atoms with Gasteiger partial charge < -0.3 is 25.6 Å². The molecule has 0 bridgehead atoms. The zero-order valence-corrected chi connectivity index (χ0v) is 13.2. The van der Waals surface area contributed by atoms with E-state index in [-0.39, 0.29) is 6.61 Å². The number of nitrogens with one attached hydrogen (secondary N) is 2. The van der Waals surface area contributed by atoms with Crippen LogP contribution in [0.3, 0.4) is 0 Å². The van der Waals surface area contributed by atoms with Gasteiger partial charge in [-0.2, -0.15) is 0 Å². The molecule has 1 unspecified atom stereocenters. The number of hydrogen-bond donors (Lipinski definition) is 4. The van der Waals surface area contributed by atoms with E-state index < -0.39 is 5.60 Å². The molecule has 1 atom stereocenters. The molecule has 0 amide bonds. The fourth-order valence-corrected chi connectivity index (χ4v) is 3.02. The van der Waals surface area contributed by atoms with Crippen LogP contribution in [-0.2, 0) is 12.2 Å². The lowest BCUT2D eigenvalue weighted by Gasteiger charge is -2.30. The van der Waals surface area contributed by atoms with Gasteiger partial charge >= 0.3 is 0 Å². The summed E-state index contributed by atoms with van der Waals surface area (Å²) in [7, 11) is 1.85. The first-order valence-electron chi connectivity index (χ1n) is 7.76. The number of hydrogen-bond acceptors (Lipinski definition) is 5. The molecule has 0 aromatic heterocycles. The van der Waals surface area contributed by atoms with Crippen LogP contribution in [0, 0.1) is 0 Å². The molecule has 5 nitrogen and oxygen atoms in total. The molecule has 0 fully saturated rings. The van der Waals surface area contributed by atoms with Gasteiger partial charge in [-0.1, -0.05) is 24.3 Å². The van der Waals surface area contributed by atoms with Gasteiger partial charge in [0, 0.05) is 31.4 Å². The molecule has 0 aliphatic carbocycles. The van der Waals surface area contributed by atoms with Crippen molar-refractivity contribution in [3.8, 4) is 5.75 Å². The summed E-state index contributed by atoms with van der Waals surface area (Å²) in [4.78, 5) is 0. The van der Waals surface area contributed by atoms with Crippen LogP contribution < -0.4 is 15.4 Å². The number of ether oxygens (including phenoxy) is 1. The van der Waals surface area contributed by atoms with Crippen LogP contribution in [0.5, 0.6) is 5.75 Å². The van der Waals surface area contributed by atoms with Gasteiger partial charge in [-0.15, -0.1) is 0 Å². The number of aliphatic hydroxyl groups excluding tert-OH is 1. The number of para-hydroxylation sites is 1. The van der Waals surface area contributed by atoms with Gasteiger partial charge in [0.25, 0.3) is 0 Å². The first-order chi connectivity index (χ1) is 11.2. The molecule has 1 heterocycles. The van der Waals surface area contributed by atoms with Crippen LogP contribution >= 0.6 is 0 Å². The first-order valence-corrected chi connectivity index (χ1v) is 7.76. The topological polar surface area (TPSA) is 73.8 Å². The van der Waals surface area contributed by atoms with Crippen LogP contribution in [0.2, 0.25) is 0 Å². The third-order valence-electron chi connectivity index (χ3n) is 4.23. The second-order valence-electron chi connectivity index (χ2n) is 5.67. The zero-order chi connectivity index (χ0) is 16.3. The highest BCUT2D eigenvalue weighted by atomic mass is 16.5. The van der Waals surface area contributed by atoms with Crippen molar-refractivity contribution < 1.29 is 14.9 Å². The highest BCUT2D eigenvalue weighted by Crippen LogP contribution is 2.41. The Balaban J connectivity index is 2.13. The average molecular weight is 314 g/mol. The van der Waals surface area contributed by atoms with Crippen LogP contribution in [0.4, 0.5) is 5.69 Å². The van der Waals surface area contributed by atoms with E-state index in [9.17, 15) is 5.11 Å². The summed E-state index contributed by atoms with van der Waals surface area (Å²) in [6, 6.07) is 13.5. The summed E-state index contributed by atoms with van der Waals surface area (Å²) < 4.78 is 5.89. The van der Waals surface area contributed by atoms with E-state index in [2.05, 4.69) is 10.6 Å². The molecular formula is C18H22N2O3. The number of benzene rings is 2. The quantitative estimate of drug-likeness (QED) is 0.629. The Hall–Kier alpha value is -2.08. The number of aliphatic hydroxyl groups is 2. The fourth-order valence-electron chi connectivity index (χ4n) is 3.02. The molecule has 0 radical (unpaired) electrons. The maximum absolute atomic E-state index is 11.6. The van der Waals surface area contributed by atoms with Gasteiger partial charge in [0.15, 0.2) is 0 Å². The number of fused-ring (bicyclic) bond motifs is 2. The molecular weight excluding hydrogens is 292 g/mol. The van der Waals surface area contributed by atoms with Gasteiger partial charge in [-0.25, -0.2) is 0 Å². The average Bonchev–Trinajstić information content (AvgIpc) is 2.71. The molecule has 4 N–H and O–H groups in total. The summed E-state index contributed by atoms with van der Waals surface area (Å²) in [5.41, 5.74) is 2.22. The SMILES string of the molecule is CNc1ccc2c(c1)C(O)(CNCCO)c1ccccc1OC2. The predicted octanol–water partition coefficient (Wildman–Crippen LogP) is 1.44. The van der Waals surface area contributed by atoms with Crippen molar-refractivity contribution in [2.75, 3.05) is 32.1 Å². The molecule has 2 aromatic carbocycles. The molecule has 23 heavy (non-hydrogen) atoms. The lowest BCUT2D eigenvalue weighted by Crippen LogP contribution is -2.40. The Kier molecular flexibility index (Phi) is 4.52. The summed E-state index contributed by atoms with van der Waals surface area (Å²) in [5.74, 6) is 0.683. The summed E-state index contributed by atoms with van der Waals surface area (Å²) in [5, 5.41) is 26.8. The molecule has 122 valence electrons. The van der Waals surface area contributed by atoms with Crippen LogP contribution in [-0.4, -0.2) is 37.0 Å². The van der Waals surface area contributed by atoms with Crippen molar-refractivity contribution in [3.05, 3.63) is 59.2 Å². The van der Waals surface area contributed by atoms with Crippen molar-refractivity contribution in [3.63, 3.8) is 0 Å². The number of rotatable bonds is 5. The summed E-state index contributed by atoms with van der Waals surface area (Å²) in [6.07, 6.45) is 0. The smallest absolute Gasteiger partial charge is 0.131 e. The van der Waals surface area contributed by atoms with Crippen molar-refractivity contribution in [2.45, 2.75) is 12.2 Å². The minimum atomic E-state index is -1.22. The van der Waals surface area contributed by atoms with Crippen molar-refractivity contribution in [1.29, 1.82) is 0 Å². The largest absolute Gasteiger partial charge is 0.488 e. The Bertz CT molecular complexity index is 690. The first kappa shape index (κ1) is 15.8. The van der Waals surface area contributed by atoms with Gasteiger partial charge in [0.1, 0.15) is 18.0 Å². The third kappa shape index (κ3) is 2.91. The maximum atomic E-state index is 11.6. The van der Waals surface area contributed by atoms with Crippen LogP contribution in [0.15, 0.2) is 42.5 Å². The second kappa shape index (κ2) is 6.58. The van der Waals surface area contributed by atoms with E-state index in [0.717, 1.165) is 22.4 Å². The Labute approximate surface area is 135 Å². The lowest BCUT2D eigenvalue weighted by molar-refractivity contribution is 0.0780. The molecule has 0 spiro atoms. The van der Waals surface area contributed by atoms with E-state index >= 15 is 0 Å². The number of anilines is 1. The minimum Gasteiger partial charge on any atom is -0.488 e. The van der Waals surface area contributed by atoms with Crippen molar-refractivity contribution in [2.24, 2.45) is 0 Å². The van der Waals surface area contributed by atoms with Gasteiger partial charge in [0.2, 0.25) is 0 Å². The predicted molar refractivity (Wildman–Crippen MR) is 89.7 cm³/mol. The second-order valence-corrected chi connectivity index (χ2v) is 5.67. The van der Waals surface area contributed by atoms with E-state index in [4.69, 9.17) is 9.84 Å². The van der Waals surface area contributed by atoms with Crippen molar-refractivity contribution in [1.82, 2.24) is 5.32 Å². The van der Waals surface area contributed by atoms with E-state index in [1.165, 1.54) is 0 Å². The monoisotopic (exact) mass is 314 g/mol. The Morgan fingerprint density at radius 3 is 2.78 bits per heavy atom. The molecule has 2 aromatic rings. The van der Waals surface area contributed by atoms with E-state index in [1.54, 1.807) is 0 Å². The highest BCUT2D eigenvalue weighted by Gasteiger charge is 2.38. The van der Waals surface area contributed by atoms with Crippen LogP contribution in [0.25, 0.3) is 0 Å². The molecule has 0 saturated carbocycles. The fraction of sp³-hybridized carbons (Fsp3) is 0.333. The molecule has 3 rings (SSSR count). The van der Waals surface area contributed by atoms with Gasteiger partial charge in [-0.05, 0) is 29.3 Å². The highest BCUT2D eigenvalue weighted by molar-refractivity contribution is 5.56. The molecule has 1 aliphatic heterocycles.